The molecular weight excluding hydrogens is 302 g/mol. The van der Waals surface area contributed by atoms with E-state index < -0.39 is 10.0 Å². The van der Waals surface area contributed by atoms with Crippen molar-refractivity contribution in [1.29, 1.82) is 0 Å². The first kappa shape index (κ1) is 15.2. The van der Waals surface area contributed by atoms with Gasteiger partial charge in [-0.05, 0) is 18.4 Å². The van der Waals surface area contributed by atoms with Gasteiger partial charge in [-0.3, -0.25) is 0 Å². The third-order valence-electron chi connectivity index (χ3n) is 3.84. The van der Waals surface area contributed by atoms with Crippen LogP contribution in [0.3, 0.4) is 0 Å². The summed E-state index contributed by atoms with van der Waals surface area (Å²) in [5.41, 5.74) is 0.785. The first-order valence-electron chi connectivity index (χ1n) is 7.46. The van der Waals surface area contributed by atoms with Crippen molar-refractivity contribution >= 4 is 10.0 Å². The van der Waals surface area contributed by atoms with Gasteiger partial charge in [-0.15, -0.1) is 0 Å². The zero-order chi connectivity index (χ0) is 15.6. The van der Waals surface area contributed by atoms with E-state index in [1.165, 1.54) is 4.31 Å². The van der Waals surface area contributed by atoms with Crippen LogP contribution in [0.1, 0.15) is 43.1 Å². The number of sulfonamides is 1. The largest absolute Gasteiger partial charge is 0.338 e. The van der Waals surface area contributed by atoms with Gasteiger partial charge in [0.25, 0.3) is 0 Å². The minimum Gasteiger partial charge on any atom is -0.338 e. The predicted molar refractivity (Wildman–Crippen MR) is 81.4 cm³/mol. The van der Waals surface area contributed by atoms with Crippen LogP contribution in [0.15, 0.2) is 34.9 Å². The van der Waals surface area contributed by atoms with Gasteiger partial charge in [0.1, 0.15) is 6.04 Å². The van der Waals surface area contributed by atoms with Crippen molar-refractivity contribution in [2.24, 2.45) is 0 Å². The molecule has 2 heterocycles. The van der Waals surface area contributed by atoms with E-state index in [0.717, 1.165) is 18.4 Å². The van der Waals surface area contributed by atoms with Crippen molar-refractivity contribution in [2.75, 3.05) is 6.54 Å². The van der Waals surface area contributed by atoms with Gasteiger partial charge < -0.3 is 4.52 Å². The van der Waals surface area contributed by atoms with Crippen LogP contribution in [0.5, 0.6) is 0 Å². The number of rotatable bonds is 5. The molecule has 0 N–H and O–H groups in total. The summed E-state index contributed by atoms with van der Waals surface area (Å²) >= 11 is 0. The Labute approximate surface area is 130 Å². The van der Waals surface area contributed by atoms with Crippen molar-refractivity contribution in [3.05, 3.63) is 47.6 Å². The minimum atomic E-state index is -3.40. The molecule has 0 bridgehead atoms. The third kappa shape index (κ3) is 3.05. The first-order valence-corrected chi connectivity index (χ1v) is 9.07. The van der Waals surface area contributed by atoms with Gasteiger partial charge in [-0.1, -0.05) is 42.4 Å². The molecule has 118 valence electrons. The molecule has 1 aliphatic rings. The molecule has 3 rings (SSSR count). The molecule has 1 aliphatic heterocycles. The minimum absolute atomic E-state index is 0.000881. The van der Waals surface area contributed by atoms with Crippen LogP contribution in [0.25, 0.3) is 0 Å². The summed E-state index contributed by atoms with van der Waals surface area (Å²) in [7, 11) is -3.40. The molecule has 1 fully saturated rings. The quantitative estimate of drug-likeness (QED) is 0.844. The monoisotopic (exact) mass is 321 g/mol. The van der Waals surface area contributed by atoms with E-state index in [2.05, 4.69) is 10.1 Å². The third-order valence-corrected chi connectivity index (χ3v) is 5.69. The van der Waals surface area contributed by atoms with Crippen LogP contribution >= 0.6 is 0 Å². The van der Waals surface area contributed by atoms with Crippen molar-refractivity contribution in [3.63, 3.8) is 0 Å². The molecule has 1 atom stereocenters. The van der Waals surface area contributed by atoms with E-state index in [4.69, 9.17) is 4.52 Å². The fourth-order valence-corrected chi connectivity index (χ4v) is 4.50. The lowest BCUT2D eigenvalue weighted by Gasteiger charge is -2.21. The summed E-state index contributed by atoms with van der Waals surface area (Å²) in [6.07, 6.45) is 2.20. The van der Waals surface area contributed by atoms with Crippen LogP contribution in [-0.2, 0) is 22.2 Å². The average molecular weight is 321 g/mol. The van der Waals surface area contributed by atoms with Crippen molar-refractivity contribution < 1.29 is 12.9 Å². The van der Waals surface area contributed by atoms with Crippen LogP contribution in [0, 0.1) is 0 Å². The van der Waals surface area contributed by atoms with E-state index in [-0.39, 0.29) is 11.8 Å². The fourth-order valence-electron chi connectivity index (χ4n) is 2.73. The number of nitrogens with zero attached hydrogens (tertiary/aromatic N) is 3. The summed E-state index contributed by atoms with van der Waals surface area (Å²) in [6.45, 7) is 2.44. The van der Waals surface area contributed by atoms with Gasteiger partial charge >= 0.3 is 0 Å². The van der Waals surface area contributed by atoms with E-state index in [1.807, 2.05) is 37.3 Å². The molecule has 0 radical (unpaired) electrons. The highest BCUT2D eigenvalue weighted by Gasteiger charge is 2.38. The topological polar surface area (TPSA) is 76.3 Å². The molecule has 1 aromatic carbocycles. The Morgan fingerprint density at radius 1 is 1.32 bits per heavy atom. The van der Waals surface area contributed by atoms with E-state index in [1.54, 1.807) is 0 Å². The van der Waals surface area contributed by atoms with Crippen LogP contribution in [-0.4, -0.2) is 29.4 Å². The maximum absolute atomic E-state index is 12.7. The summed E-state index contributed by atoms with van der Waals surface area (Å²) in [4.78, 5) is 4.30. The highest BCUT2D eigenvalue weighted by atomic mass is 32.2. The maximum atomic E-state index is 12.7. The highest BCUT2D eigenvalue weighted by molar-refractivity contribution is 7.88. The van der Waals surface area contributed by atoms with Crippen molar-refractivity contribution in [2.45, 2.75) is 38.0 Å². The normalized spacial score (nSPS) is 19.6. The second-order valence-electron chi connectivity index (χ2n) is 5.41. The van der Waals surface area contributed by atoms with Gasteiger partial charge in [0, 0.05) is 13.0 Å². The van der Waals surface area contributed by atoms with E-state index >= 15 is 0 Å². The lowest BCUT2D eigenvalue weighted by Crippen LogP contribution is -2.31. The van der Waals surface area contributed by atoms with Crippen molar-refractivity contribution in [1.82, 2.24) is 14.4 Å². The number of aryl methyl sites for hydroxylation is 1. The summed E-state index contributed by atoms with van der Waals surface area (Å²) < 4.78 is 32.2. The molecule has 1 saturated heterocycles. The highest BCUT2D eigenvalue weighted by Crippen LogP contribution is 2.34. The molecule has 0 saturated carbocycles. The van der Waals surface area contributed by atoms with Crippen molar-refractivity contribution in [3.8, 4) is 0 Å². The zero-order valence-electron chi connectivity index (χ0n) is 12.5. The Morgan fingerprint density at radius 2 is 2.09 bits per heavy atom. The smallest absolute Gasteiger partial charge is 0.245 e. The zero-order valence-corrected chi connectivity index (χ0v) is 13.3. The lowest BCUT2D eigenvalue weighted by molar-refractivity contribution is 0.289. The number of benzene rings is 1. The van der Waals surface area contributed by atoms with Gasteiger partial charge in [0.15, 0.2) is 5.82 Å². The van der Waals surface area contributed by atoms with E-state index in [9.17, 15) is 8.42 Å². The summed E-state index contributed by atoms with van der Waals surface area (Å²) in [6, 6.07) is 8.88. The Kier molecular flexibility index (Phi) is 4.26. The molecule has 0 aliphatic carbocycles. The molecule has 1 aromatic heterocycles. The van der Waals surface area contributed by atoms with Gasteiger partial charge in [-0.25, -0.2) is 8.42 Å². The molecular formula is C15H19N3O3S. The summed E-state index contributed by atoms with van der Waals surface area (Å²) in [5, 5.41) is 3.87. The Hall–Kier alpha value is -1.73. The van der Waals surface area contributed by atoms with Gasteiger partial charge in [0.05, 0.1) is 5.75 Å². The second-order valence-corrected chi connectivity index (χ2v) is 7.33. The van der Waals surface area contributed by atoms with Gasteiger partial charge in [0.2, 0.25) is 15.9 Å². The second kappa shape index (κ2) is 6.18. The van der Waals surface area contributed by atoms with Gasteiger partial charge in [-0.2, -0.15) is 9.29 Å². The molecule has 22 heavy (non-hydrogen) atoms. The predicted octanol–water partition coefficient (Wildman–Crippen LogP) is 2.30. The maximum Gasteiger partial charge on any atom is 0.245 e. The SMILES string of the molecule is CCc1noc(C2CCCN2S(=O)(=O)Cc2ccccc2)n1. The molecule has 6 nitrogen and oxygen atoms in total. The van der Waals surface area contributed by atoms with Crippen LogP contribution in [0.2, 0.25) is 0 Å². The molecule has 2 aromatic rings. The summed E-state index contributed by atoms with van der Waals surface area (Å²) in [5.74, 6) is 1.02. The fraction of sp³-hybridized carbons (Fsp3) is 0.467. The molecule has 0 spiro atoms. The number of hydrogen-bond acceptors (Lipinski definition) is 5. The molecule has 1 unspecified atom stereocenters. The Morgan fingerprint density at radius 3 is 2.77 bits per heavy atom. The standard InChI is InChI=1S/C15H19N3O3S/c1-2-14-16-15(21-17-14)13-9-6-10-18(13)22(19,20)11-12-7-4-3-5-8-12/h3-5,7-8,13H,2,6,9-11H2,1H3. The Bertz CT molecular complexity index is 728. The number of aromatic nitrogens is 2. The lowest BCUT2D eigenvalue weighted by atomic mass is 10.2. The van der Waals surface area contributed by atoms with E-state index in [0.29, 0.717) is 24.7 Å². The van der Waals surface area contributed by atoms with Crippen LogP contribution in [0.4, 0.5) is 0 Å². The Balaban J connectivity index is 1.82. The average Bonchev–Trinajstić information content (AvgIpc) is 3.16. The number of hydrogen-bond donors (Lipinski definition) is 0. The van der Waals surface area contributed by atoms with Crippen LogP contribution < -0.4 is 0 Å². The molecule has 7 heteroatoms. The molecule has 0 amide bonds. The first-order chi connectivity index (χ1) is 10.6.